The normalized spacial score (nSPS) is 28.0. The average molecular weight is 554 g/mol. The standard InChI is InChI=1S/C25H30F3N5O4S/c26-25(27,28)15-7-17-9-31(4-5-33(17)23(35)8-15)12-22(34)30-19-10-32(16-3-6-36-13-16)11-21(19)37-20-2-1-18-24(20)38-14-29-18/h7-8,14,16,19-21H,1-6,9-13H2,(H,30,34)/t16?,19?,20?,21-/m0/s1. The number of alkyl halides is 3. The van der Waals surface area contributed by atoms with Crippen LogP contribution in [0.2, 0.25) is 0 Å². The van der Waals surface area contributed by atoms with E-state index in [0.717, 1.165) is 42.5 Å². The molecule has 3 unspecified atom stereocenters. The van der Waals surface area contributed by atoms with Gasteiger partial charge in [-0.05, 0) is 25.3 Å². The molecular weight excluding hydrogens is 523 g/mol. The van der Waals surface area contributed by atoms with Gasteiger partial charge >= 0.3 is 6.18 Å². The molecule has 1 amide bonds. The zero-order chi connectivity index (χ0) is 26.4. The average Bonchev–Trinajstić information content (AvgIpc) is 3.65. The molecule has 0 bridgehead atoms. The molecule has 1 aliphatic carbocycles. The van der Waals surface area contributed by atoms with Crippen LogP contribution in [0.15, 0.2) is 22.4 Å². The second-order valence-electron chi connectivity index (χ2n) is 10.4. The van der Waals surface area contributed by atoms with E-state index in [1.165, 1.54) is 4.57 Å². The molecule has 4 atom stereocenters. The van der Waals surface area contributed by atoms with E-state index < -0.39 is 17.3 Å². The number of nitrogens with one attached hydrogen (secondary N) is 1. The summed E-state index contributed by atoms with van der Waals surface area (Å²) in [7, 11) is 0. The van der Waals surface area contributed by atoms with E-state index >= 15 is 0 Å². The number of amides is 1. The lowest BCUT2D eigenvalue weighted by atomic mass is 10.1. The van der Waals surface area contributed by atoms with Crippen LogP contribution in [0.25, 0.3) is 0 Å². The van der Waals surface area contributed by atoms with E-state index in [1.807, 2.05) is 5.51 Å². The van der Waals surface area contributed by atoms with Crippen LogP contribution >= 0.6 is 11.3 Å². The van der Waals surface area contributed by atoms with Gasteiger partial charge in [-0.25, -0.2) is 4.98 Å². The Labute approximate surface area is 221 Å². The summed E-state index contributed by atoms with van der Waals surface area (Å²) in [4.78, 5) is 35.0. The van der Waals surface area contributed by atoms with Crippen molar-refractivity contribution < 1.29 is 27.4 Å². The Bertz CT molecular complexity index is 1240. The van der Waals surface area contributed by atoms with E-state index in [2.05, 4.69) is 15.2 Å². The predicted octanol–water partition coefficient (Wildman–Crippen LogP) is 1.80. The van der Waals surface area contributed by atoms with Crippen molar-refractivity contribution >= 4 is 17.2 Å². The van der Waals surface area contributed by atoms with Gasteiger partial charge in [-0.3, -0.25) is 19.4 Å². The number of rotatable bonds is 6. The number of pyridine rings is 1. The minimum Gasteiger partial charge on any atom is -0.380 e. The highest BCUT2D eigenvalue weighted by Crippen LogP contribution is 2.38. The first-order chi connectivity index (χ1) is 18.2. The molecule has 0 spiro atoms. The highest BCUT2D eigenvalue weighted by molar-refractivity contribution is 7.09. The van der Waals surface area contributed by atoms with Crippen molar-refractivity contribution in [1.82, 2.24) is 24.7 Å². The number of halogens is 3. The monoisotopic (exact) mass is 553 g/mol. The third kappa shape index (κ3) is 5.26. The summed E-state index contributed by atoms with van der Waals surface area (Å²) >= 11 is 1.61. The lowest BCUT2D eigenvalue weighted by molar-refractivity contribution is -0.138. The number of carbonyl (C=O) groups excluding carboxylic acids is 1. The van der Waals surface area contributed by atoms with Gasteiger partial charge in [0, 0.05) is 57.1 Å². The molecule has 0 saturated carbocycles. The first-order valence-electron chi connectivity index (χ1n) is 13.0. The van der Waals surface area contributed by atoms with E-state index in [4.69, 9.17) is 9.47 Å². The molecule has 4 aliphatic rings. The van der Waals surface area contributed by atoms with Crippen LogP contribution in [0.1, 0.15) is 40.8 Å². The van der Waals surface area contributed by atoms with Crippen LogP contribution in [0.5, 0.6) is 0 Å². The Morgan fingerprint density at radius 2 is 2.11 bits per heavy atom. The van der Waals surface area contributed by atoms with Gasteiger partial charge in [-0.1, -0.05) is 0 Å². The molecule has 0 aromatic carbocycles. The van der Waals surface area contributed by atoms with E-state index in [1.54, 1.807) is 16.2 Å². The number of aryl methyl sites for hydroxylation is 1. The molecule has 2 aromatic rings. The zero-order valence-corrected chi connectivity index (χ0v) is 21.6. The van der Waals surface area contributed by atoms with Crippen molar-refractivity contribution in [1.29, 1.82) is 0 Å². The fraction of sp³-hybridized carbons (Fsp3) is 0.640. The summed E-state index contributed by atoms with van der Waals surface area (Å²) in [6.07, 6.45) is -2.09. The fourth-order valence-electron chi connectivity index (χ4n) is 6.00. The number of aromatic nitrogens is 2. The Hall–Kier alpha value is -2.32. The minimum atomic E-state index is -4.60. The molecule has 3 aliphatic heterocycles. The van der Waals surface area contributed by atoms with Gasteiger partial charge in [0.2, 0.25) is 5.91 Å². The molecule has 6 rings (SSSR count). The van der Waals surface area contributed by atoms with Crippen molar-refractivity contribution in [2.75, 3.05) is 39.4 Å². The first-order valence-corrected chi connectivity index (χ1v) is 13.8. The van der Waals surface area contributed by atoms with Gasteiger partial charge in [0.1, 0.15) is 0 Å². The number of likely N-dealkylation sites (tertiary alicyclic amines) is 1. The lowest BCUT2D eigenvalue weighted by Crippen LogP contribution is -2.49. The molecule has 0 radical (unpaired) electrons. The number of nitrogens with zero attached hydrogens (tertiary/aromatic N) is 4. The SMILES string of the molecule is O=C(CN1CCn2c(cc(C(F)(F)F)cc2=O)C1)NC1CN(C2CCOC2)C[C@@H]1OC1CCc2ncsc21. The molecule has 2 saturated heterocycles. The van der Waals surface area contributed by atoms with Gasteiger partial charge in [-0.15, -0.1) is 11.3 Å². The van der Waals surface area contributed by atoms with Crippen LogP contribution in [-0.4, -0.2) is 82.8 Å². The summed E-state index contributed by atoms with van der Waals surface area (Å²) in [6.45, 7) is 3.51. The van der Waals surface area contributed by atoms with Gasteiger partial charge in [0.25, 0.3) is 5.56 Å². The second-order valence-corrected chi connectivity index (χ2v) is 11.3. The number of carbonyl (C=O) groups is 1. The van der Waals surface area contributed by atoms with Crippen molar-refractivity contribution in [2.24, 2.45) is 0 Å². The minimum absolute atomic E-state index is 0.0265. The summed E-state index contributed by atoms with van der Waals surface area (Å²) in [6, 6.07) is 1.72. The van der Waals surface area contributed by atoms with Crippen molar-refractivity contribution in [3.8, 4) is 0 Å². The zero-order valence-electron chi connectivity index (χ0n) is 20.8. The summed E-state index contributed by atoms with van der Waals surface area (Å²) in [5.41, 5.74) is 1.58. The quantitative estimate of drug-likeness (QED) is 0.584. The van der Waals surface area contributed by atoms with E-state index in [9.17, 15) is 22.8 Å². The number of thiazole rings is 1. The van der Waals surface area contributed by atoms with E-state index in [0.29, 0.717) is 38.3 Å². The molecule has 2 aromatic heterocycles. The Balaban J connectivity index is 1.11. The lowest BCUT2D eigenvalue weighted by Gasteiger charge is -2.30. The Morgan fingerprint density at radius 3 is 2.89 bits per heavy atom. The first kappa shape index (κ1) is 25.9. The molecule has 38 heavy (non-hydrogen) atoms. The number of hydrogen-bond donors (Lipinski definition) is 1. The van der Waals surface area contributed by atoms with Crippen molar-refractivity contribution in [2.45, 2.75) is 62.8 Å². The van der Waals surface area contributed by atoms with Gasteiger partial charge in [0.15, 0.2) is 0 Å². The number of fused-ring (bicyclic) bond motifs is 2. The van der Waals surface area contributed by atoms with Crippen LogP contribution in [0.3, 0.4) is 0 Å². The molecule has 1 N–H and O–H groups in total. The third-order valence-electron chi connectivity index (χ3n) is 7.94. The highest BCUT2D eigenvalue weighted by atomic mass is 32.1. The Kier molecular flexibility index (Phi) is 7.06. The molecule has 13 heteroatoms. The molecule has 2 fully saturated rings. The summed E-state index contributed by atoms with van der Waals surface area (Å²) in [5.74, 6) is -0.208. The molecular formula is C25H30F3N5O4S. The largest absolute Gasteiger partial charge is 0.416 e. The van der Waals surface area contributed by atoms with Gasteiger partial charge in [-0.2, -0.15) is 13.2 Å². The predicted molar refractivity (Wildman–Crippen MR) is 132 cm³/mol. The number of ether oxygens (including phenoxy) is 2. The van der Waals surface area contributed by atoms with Crippen LogP contribution < -0.4 is 10.9 Å². The molecule has 5 heterocycles. The fourth-order valence-corrected chi connectivity index (χ4v) is 6.90. The molecule has 9 nitrogen and oxygen atoms in total. The van der Waals surface area contributed by atoms with Crippen molar-refractivity contribution in [3.63, 3.8) is 0 Å². The van der Waals surface area contributed by atoms with Crippen LogP contribution in [-0.2, 0) is 40.0 Å². The highest BCUT2D eigenvalue weighted by Gasteiger charge is 2.41. The molecule has 206 valence electrons. The smallest absolute Gasteiger partial charge is 0.380 e. The maximum atomic E-state index is 13.2. The van der Waals surface area contributed by atoms with Crippen molar-refractivity contribution in [3.05, 3.63) is 49.8 Å². The van der Waals surface area contributed by atoms with Crippen LogP contribution in [0.4, 0.5) is 13.2 Å². The summed E-state index contributed by atoms with van der Waals surface area (Å²) in [5, 5.41) is 3.14. The maximum absolute atomic E-state index is 13.2. The second kappa shape index (κ2) is 10.3. The van der Waals surface area contributed by atoms with Gasteiger partial charge < -0.3 is 19.4 Å². The summed E-state index contributed by atoms with van der Waals surface area (Å²) < 4.78 is 53.1. The topological polar surface area (TPSA) is 88.9 Å². The Morgan fingerprint density at radius 1 is 1.24 bits per heavy atom. The maximum Gasteiger partial charge on any atom is 0.416 e. The van der Waals surface area contributed by atoms with E-state index in [-0.39, 0.29) is 49.5 Å². The number of hydrogen-bond acceptors (Lipinski definition) is 8. The van der Waals surface area contributed by atoms with Gasteiger partial charge in [0.05, 0.1) is 53.0 Å². The third-order valence-corrected chi connectivity index (χ3v) is 8.91. The van der Waals surface area contributed by atoms with Crippen LogP contribution in [0, 0.1) is 0 Å².